The number of carbonyl (C=O) groups is 1. The molecule has 2 heterocycles. The minimum absolute atomic E-state index is 0.0744. The van der Waals surface area contributed by atoms with E-state index in [0.717, 1.165) is 12.8 Å². The largest absolute Gasteiger partial charge is 0.339 e. The number of carbonyl (C=O) groups excluding carboxylic acids is 1. The third-order valence-electron chi connectivity index (χ3n) is 3.18. The van der Waals surface area contributed by atoms with Crippen LogP contribution in [0.4, 0.5) is 0 Å². The molecule has 0 spiro atoms. The molecule has 5 heteroatoms. The minimum Gasteiger partial charge on any atom is -0.339 e. The maximum absolute atomic E-state index is 12.1. The Morgan fingerprint density at radius 2 is 2.06 bits per heavy atom. The molecule has 5 nitrogen and oxygen atoms in total. The van der Waals surface area contributed by atoms with Crippen LogP contribution >= 0.6 is 0 Å². The molecule has 1 aliphatic rings. The zero-order valence-electron chi connectivity index (χ0n) is 9.93. The van der Waals surface area contributed by atoms with Gasteiger partial charge in [0.15, 0.2) is 0 Å². The molecule has 1 amide bonds. The zero-order chi connectivity index (χ0) is 12.4. The predicted molar refractivity (Wildman–Crippen MR) is 64.8 cm³/mol. The molecule has 0 aromatic carbocycles. The monoisotopic (exact) mass is 235 g/mol. The van der Waals surface area contributed by atoms with Crippen LogP contribution in [0.1, 0.15) is 23.2 Å². The van der Waals surface area contributed by atoms with Gasteiger partial charge in [0.2, 0.25) is 0 Å². The van der Waals surface area contributed by atoms with Crippen molar-refractivity contribution in [3.8, 4) is 0 Å². The quantitative estimate of drug-likeness (QED) is 0.742. The third-order valence-corrected chi connectivity index (χ3v) is 3.18. The van der Waals surface area contributed by atoms with Crippen LogP contribution in [0.15, 0.2) is 23.1 Å². The third kappa shape index (κ3) is 2.55. The van der Waals surface area contributed by atoms with Crippen LogP contribution in [0.25, 0.3) is 0 Å². The van der Waals surface area contributed by atoms with Crippen LogP contribution in [-0.2, 0) is 7.05 Å². The van der Waals surface area contributed by atoms with Gasteiger partial charge >= 0.3 is 0 Å². The Morgan fingerprint density at radius 3 is 2.65 bits per heavy atom. The van der Waals surface area contributed by atoms with E-state index in [1.807, 2.05) is 0 Å². The molecule has 17 heavy (non-hydrogen) atoms. The average Bonchev–Trinajstić information content (AvgIpc) is 2.33. The fourth-order valence-electron chi connectivity index (χ4n) is 1.97. The minimum atomic E-state index is -0.162. The van der Waals surface area contributed by atoms with Crippen molar-refractivity contribution < 1.29 is 4.79 Å². The van der Waals surface area contributed by atoms with Gasteiger partial charge in [0.1, 0.15) is 0 Å². The Balaban J connectivity index is 2.14. The van der Waals surface area contributed by atoms with Crippen molar-refractivity contribution in [2.24, 2.45) is 12.8 Å². The van der Waals surface area contributed by atoms with E-state index >= 15 is 0 Å². The summed E-state index contributed by atoms with van der Waals surface area (Å²) in [5, 5.41) is 0. The van der Waals surface area contributed by atoms with Gasteiger partial charge in [0.05, 0.1) is 0 Å². The lowest BCUT2D eigenvalue weighted by Gasteiger charge is -2.30. The molecule has 0 radical (unpaired) electrons. The van der Waals surface area contributed by atoms with Crippen molar-refractivity contribution in [2.45, 2.75) is 18.9 Å². The van der Waals surface area contributed by atoms with Crippen molar-refractivity contribution in [3.63, 3.8) is 0 Å². The van der Waals surface area contributed by atoms with Gasteiger partial charge in [0.25, 0.3) is 11.5 Å². The Labute approximate surface area is 99.8 Å². The molecule has 1 fully saturated rings. The van der Waals surface area contributed by atoms with Crippen LogP contribution in [0.2, 0.25) is 0 Å². The molecule has 0 saturated carbocycles. The number of nitrogens with zero attached hydrogens (tertiary/aromatic N) is 2. The van der Waals surface area contributed by atoms with Gasteiger partial charge in [-0.15, -0.1) is 0 Å². The lowest BCUT2D eigenvalue weighted by Crippen LogP contribution is -2.43. The van der Waals surface area contributed by atoms with E-state index in [2.05, 4.69) is 0 Å². The maximum atomic E-state index is 12.1. The van der Waals surface area contributed by atoms with E-state index in [4.69, 9.17) is 5.73 Å². The SMILES string of the molecule is Cn1ccc(C(=O)N2CCC(N)CC2)cc1=O. The number of amides is 1. The highest BCUT2D eigenvalue weighted by atomic mass is 16.2. The van der Waals surface area contributed by atoms with Crippen molar-refractivity contribution >= 4 is 5.91 Å². The van der Waals surface area contributed by atoms with Crippen LogP contribution in [0, 0.1) is 0 Å². The van der Waals surface area contributed by atoms with Crippen molar-refractivity contribution in [1.82, 2.24) is 9.47 Å². The van der Waals surface area contributed by atoms with Gasteiger partial charge in [-0.25, -0.2) is 0 Å². The fraction of sp³-hybridized carbons (Fsp3) is 0.500. The first-order valence-electron chi connectivity index (χ1n) is 5.79. The summed E-state index contributed by atoms with van der Waals surface area (Å²) in [6, 6.07) is 3.26. The number of hydrogen-bond donors (Lipinski definition) is 1. The number of hydrogen-bond acceptors (Lipinski definition) is 3. The maximum Gasteiger partial charge on any atom is 0.254 e. The number of rotatable bonds is 1. The molecule has 0 unspecified atom stereocenters. The predicted octanol–water partition coefficient (Wildman–Crippen LogP) is -0.0514. The Hall–Kier alpha value is -1.62. The summed E-state index contributed by atoms with van der Waals surface area (Å²) in [5.74, 6) is -0.0744. The van der Waals surface area contributed by atoms with Crippen LogP contribution in [0.3, 0.4) is 0 Å². The lowest BCUT2D eigenvalue weighted by atomic mass is 10.1. The summed E-state index contributed by atoms with van der Waals surface area (Å²) in [4.78, 5) is 25.3. The van der Waals surface area contributed by atoms with E-state index in [9.17, 15) is 9.59 Å². The normalized spacial score (nSPS) is 17.2. The van der Waals surface area contributed by atoms with Crippen molar-refractivity contribution in [3.05, 3.63) is 34.2 Å². The lowest BCUT2D eigenvalue weighted by molar-refractivity contribution is 0.0714. The average molecular weight is 235 g/mol. The fourth-order valence-corrected chi connectivity index (χ4v) is 1.97. The summed E-state index contributed by atoms with van der Waals surface area (Å²) in [6.07, 6.45) is 3.28. The van der Waals surface area contributed by atoms with E-state index in [1.54, 1.807) is 24.2 Å². The number of aryl methyl sites for hydroxylation is 1. The summed E-state index contributed by atoms with van der Waals surface area (Å²) < 4.78 is 1.45. The molecule has 92 valence electrons. The van der Waals surface area contributed by atoms with E-state index < -0.39 is 0 Å². The number of aromatic nitrogens is 1. The standard InChI is InChI=1S/C12H17N3O2/c1-14-5-2-9(8-11(14)16)12(17)15-6-3-10(13)4-7-15/h2,5,8,10H,3-4,6-7,13H2,1H3. The molecule has 0 aliphatic carbocycles. The molecule has 1 aromatic heterocycles. The molecule has 1 aliphatic heterocycles. The summed E-state index contributed by atoms with van der Waals surface area (Å²) >= 11 is 0. The Kier molecular flexibility index (Phi) is 3.28. The van der Waals surface area contributed by atoms with Crippen LogP contribution < -0.4 is 11.3 Å². The Bertz CT molecular complexity index is 473. The highest BCUT2D eigenvalue weighted by molar-refractivity contribution is 5.94. The smallest absolute Gasteiger partial charge is 0.254 e. The highest BCUT2D eigenvalue weighted by Gasteiger charge is 2.21. The molecule has 2 N–H and O–H groups in total. The molecule has 0 bridgehead atoms. The van der Waals surface area contributed by atoms with Gasteiger partial charge in [-0.1, -0.05) is 0 Å². The van der Waals surface area contributed by atoms with Crippen molar-refractivity contribution in [1.29, 1.82) is 0 Å². The number of nitrogens with two attached hydrogens (primary N) is 1. The second-order valence-electron chi connectivity index (χ2n) is 4.49. The van der Waals surface area contributed by atoms with Gasteiger partial charge in [0, 0.05) is 44.0 Å². The van der Waals surface area contributed by atoms with Crippen molar-refractivity contribution in [2.75, 3.05) is 13.1 Å². The molecule has 2 rings (SSSR count). The first-order valence-corrected chi connectivity index (χ1v) is 5.79. The molecule has 0 atom stereocenters. The topological polar surface area (TPSA) is 68.3 Å². The molecular weight excluding hydrogens is 218 g/mol. The van der Waals surface area contributed by atoms with E-state index in [1.165, 1.54) is 10.6 Å². The first kappa shape index (κ1) is 11.9. The van der Waals surface area contributed by atoms with Crippen LogP contribution in [0.5, 0.6) is 0 Å². The van der Waals surface area contributed by atoms with Gasteiger partial charge < -0.3 is 15.2 Å². The van der Waals surface area contributed by atoms with E-state index in [0.29, 0.717) is 18.7 Å². The highest BCUT2D eigenvalue weighted by Crippen LogP contribution is 2.11. The summed E-state index contributed by atoms with van der Waals surface area (Å²) in [5.41, 5.74) is 6.09. The number of pyridine rings is 1. The summed E-state index contributed by atoms with van der Waals surface area (Å²) in [7, 11) is 1.66. The first-order chi connectivity index (χ1) is 8.08. The second-order valence-corrected chi connectivity index (χ2v) is 4.49. The molecular formula is C12H17N3O2. The summed E-state index contributed by atoms with van der Waals surface area (Å²) in [6.45, 7) is 1.35. The van der Waals surface area contributed by atoms with Gasteiger partial charge in [-0.05, 0) is 18.9 Å². The second kappa shape index (κ2) is 4.71. The van der Waals surface area contributed by atoms with E-state index in [-0.39, 0.29) is 17.5 Å². The Morgan fingerprint density at radius 1 is 1.41 bits per heavy atom. The zero-order valence-corrected chi connectivity index (χ0v) is 9.93. The van der Waals surface area contributed by atoms with Gasteiger partial charge in [-0.3, -0.25) is 9.59 Å². The molecule has 1 saturated heterocycles. The van der Waals surface area contributed by atoms with Crippen LogP contribution in [-0.4, -0.2) is 34.5 Å². The number of piperidine rings is 1. The number of likely N-dealkylation sites (tertiary alicyclic amines) is 1. The molecule has 1 aromatic rings. The van der Waals surface area contributed by atoms with Gasteiger partial charge in [-0.2, -0.15) is 0 Å².